The van der Waals surface area contributed by atoms with Gasteiger partial charge in [0.05, 0.1) is 5.92 Å². The van der Waals surface area contributed by atoms with Crippen LogP contribution >= 0.6 is 11.6 Å². The highest BCUT2D eigenvalue weighted by Crippen LogP contribution is 2.24. The zero-order valence-electron chi connectivity index (χ0n) is 18.4. The molecule has 1 amide bonds. The third kappa shape index (κ3) is 5.29. The summed E-state index contributed by atoms with van der Waals surface area (Å²) >= 11 is 6.06. The van der Waals surface area contributed by atoms with E-state index in [9.17, 15) is 4.79 Å². The average molecular weight is 430 g/mol. The Morgan fingerprint density at radius 1 is 1.13 bits per heavy atom. The molecular weight excluding hydrogens is 398 g/mol. The van der Waals surface area contributed by atoms with Crippen LogP contribution in [0.1, 0.15) is 43.5 Å². The Kier molecular flexibility index (Phi) is 7.67. The van der Waals surface area contributed by atoms with Crippen molar-refractivity contribution >= 4 is 23.3 Å². The van der Waals surface area contributed by atoms with Crippen molar-refractivity contribution in [2.45, 2.75) is 46.1 Å². The third-order valence-corrected chi connectivity index (χ3v) is 5.94. The molecular formula is C23H32ClN5O. The van der Waals surface area contributed by atoms with Gasteiger partial charge < -0.3 is 15.1 Å². The predicted molar refractivity (Wildman–Crippen MR) is 122 cm³/mol. The molecule has 1 aromatic carbocycles. The molecule has 0 spiro atoms. The van der Waals surface area contributed by atoms with E-state index in [0.29, 0.717) is 30.7 Å². The van der Waals surface area contributed by atoms with Crippen molar-refractivity contribution < 1.29 is 4.79 Å². The standard InChI is InChI=1S/C23H32ClN5O/c1-5-20-17(4)26-15-27-22(20)28-10-12-29(13-11-28)23(30)21(14-25-16(2)3)18-6-8-19(24)9-7-18/h6-9,15-16,21,25H,5,10-14H2,1-4H3/t21-/m0/s1. The number of nitrogens with one attached hydrogen (secondary N) is 1. The fourth-order valence-corrected chi connectivity index (χ4v) is 4.06. The molecule has 1 aliphatic rings. The number of aromatic nitrogens is 2. The Morgan fingerprint density at radius 3 is 2.40 bits per heavy atom. The Balaban J connectivity index is 1.71. The van der Waals surface area contributed by atoms with Crippen LogP contribution in [-0.4, -0.2) is 59.5 Å². The minimum atomic E-state index is -0.219. The SMILES string of the molecule is CCc1c(C)ncnc1N1CCN(C(=O)[C@@H](CNC(C)C)c2ccc(Cl)cc2)CC1. The van der Waals surface area contributed by atoms with Crippen molar-refractivity contribution in [3.63, 3.8) is 0 Å². The number of anilines is 1. The van der Waals surface area contributed by atoms with Crippen molar-refractivity contribution in [3.05, 3.63) is 52.4 Å². The first-order valence-corrected chi connectivity index (χ1v) is 11.1. The Labute approximate surface area is 184 Å². The van der Waals surface area contributed by atoms with Crippen molar-refractivity contribution in [1.82, 2.24) is 20.2 Å². The molecule has 1 atom stereocenters. The largest absolute Gasteiger partial charge is 0.353 e. The second-order valence-electron chi connectivity index (χ2n) is 8.09. The lowest BCUT2D eigenvalue weighted by Crippen LogP contribution is -2.51. The highest BCUT2D eigenvalue weighted by Gasteiger charge is 2.29. The van der Waals surface area contributed by atoms with Crippen molar-refractivity contribution in [2.24, 2.45) is 0 Å². The zero-order chi connectivity index (χ0) is 21.7. The van der Waals surface area contributed by atoms with Gasteiger partial charge in [-0.1, -0.05) is 44.5 Å². The molecule has 2 aromatic rings. The Morgan fingerprint density at radius 2 is 1.80 bits per heavy atom. The van der Waals surface area contributed by atoms with Crippen LogP contribution in [-0.2, 0) is 11.2 Å². The van der Waals surface area contributed by atoms with E-state index in [1.165, 1.54) is 5.56 Å². The van der Waals surface area contributed by atoms with Gasteiger partial charge in [-0.3, -0.25) is 4.79 Å². The summed E-state index contributed by atoms with van der Waals surface area (Å²) in [6.45, 7) is 11.9. The lowest BCUT2D eigenvalue weighted by molar-refractivity contribution is -0.133. The van der Waals surface area contributed by atoms with Crippen LogP contribution in [0.2, 0.25) is 5.02 Å². The van der Waals surface area contributed by atoms with Crippen LogP contribution in [0.4, 0.5) is 5.82 Å². The van der Waals surface area contributed by atoms with E-state index in [1.54, 1.807) is 6.33 Å². The number of benzene rings is 1. The van der Waals surface area contributed by atoms with E-state index in [1.807, 2.05) is 36.1 Å². The van der Waals surface area contributed by atoms with Crippen LogP contribution in [0.25, 0.3) is 0 Å². The normalized spacial score (nSPS) is 15.5. The van der Waals surface area contributed by atoms with Crippen LogP contribution in [0.3, 0.4) is 0 Å². The number of hydrogen-bond donors (Lipinski definition) is 1. The smallest absolute Gasteiger partial charge is 0.231 e. The van der Waals surface area contributed by atoms with Crippen molar-refractivity contribution in [2.75, 3.05) is 37.6 Å². The Bertz CT molecular complexity index is 847. The van der Waals surface area contributed by atoms with Gasteiger partial charge in [0.25, 0.3) is 0 Å². The number of halogens is 1. The molecule has 7 heteroatoms. The average Bonchev–Trinajstić information content (AvgIpc) is 2.74. The van der Waals surface area contributed by atoms with E-state index >= 15 is 0 Å². The minimum Gasteiger partial charge on any atom is -0.353 e. The predicted octanol–water partition coefficient (Wildman–Crippen LogP) is 3.43. The molecule has 6 nitrogen and oxygen atoms in total. The molecule has 3 rings (SSSR count). The van der Waals surface area contributed by atoms with Crippen LogP contribution in [0.5, 0.6) is 0 Å². The number of carbonyl (C=O) groups excluding carboxylic acids is 1. The summed E-state index contributed by atoms with van der Waals surface area (Å²) in [5, 5.41) is 4.11. The molecule has 30 heavy (non-hydrogen) atoms. The summed E-state index contributed by atoms with van der Waals surface area (Å²) in [5.41, 5.74) is 3.22. The van der Waals surface area contributed by atoms with E-state index in [-0.39, 0.29) is 11.8 Å². The van der Waals surface area contributed by atoms with Gasteiger partial charge in [-0.15, -0.1) is 0 Å². The summed E-state index contributed by atoms with van der Waals surface area (Å²) in [6.07, 6.45) is 2.54. The number of carbonyl (C=O) groups is 1. The Hall–Kier alpha value is -2.18. The van der Waals surface area contributed by atoms with Crippen molar-refractivity contribution in [3.8, 4) is 0 Å². The van der Waals surface area contributed by atoms with Gasteiger partial charge in [0, 0.05) is 55.0 Å². The summed E-state index contributed by atoms with van der Waals surface area (Å²) in [7, 11) is 0. The molecule has 1 aromatic heterocycles. The maximum atomic E-state index is 13.4. The molecule has 0 radical (unpaired) electrons. The molecule has 1 aliphatic heterocycles. The summed E-state index contributed by atoms with van der Waals surface area (Å²) < 4.78 is 0. The topological polar surface area (TPSA) is 61.4 Å². The number of nitrogens with zero attached hydrogens (tertiary/aromatic N) is 4. The van der Waals surface area contributed by atoms with E-state index in [2.05, 4.69) is 41.0 Å². The molecule has 2 heterocycles. The molecule has 1 saturated heterocycles. The first-order valence-electron chi connectivity index (χ1n) is 10.7. The summed E-state index contributed by atoms with van der Waals surface area (Å²) in [4.78, 5) is 26.5. The second-order valence-corrected chi connectivity index (χ2v) is 8.53. The van der Waals surface area contributed by atoms with Gasteiger partial charge in [0.1, 0.15) is 12.1 Å². The van der Waals surface area contributed by atoms with Crippen LogP contribution in [0.15, 0.2) is 30.6 Å². The molecule has 162 valence electrons. The van der Waals surface area contributed by atoms with Crippen LogP contribution in [0, 0.1) is 6.92 Å². The molecule has 0 saturated carbocycles. The number of aryl methyl sites for hydroxylation is 1. The van der Waals surface area contributed by atoms with E-state index in [4.69, 9.17) is 11.6 Å². The van der Waals surface area contributed by atoms with Gasteiger partial charge in [-0.05, 0) is 31.0 Å². The first-order chi connectivity index (χ1) is 14.4. The zero-order valence-corrected chi connectivity index (χ0v) is 19.1. The lowest BCUT2D eigenvalue weighted by atomic mass is 9.96. The lowest BCUT2D eigenvalue weighted by Gasteiger charge is -2.38. The van der Waals surface area contributed by atoms with E-state index < -0.39 is 0 Å². The van der Waals surface area contributed by atoms with Crippen LogP contribution < -0.4 is 10.2 Å². The number of piperazine rings is 1. The van der Waals surface area contributed by atoms with Crippen molar-refractivity contribution in [1.29, 1.82) is 0 Å². The molecule has 1 fully saturated rings. The van der Waals surface area contributed by atoms with Gasteiger partial charge in [0.2, 0.25) is 5.91 Å². The molecule has 0 bridgehead atoms. The fraction of sp³-hybridized carbons (Fsp3) is 0.522. The fourth-order valence-electron chi connectivity index (χ4n) is 3.93. The summed E-state index contributed by atoms with van der Waals surface area (Å²) in [6, 6.07) is 7.95. The maximum absolute atomic E-state index is 13.4. The third-order valence-electron chi connectivity index (χ3n) is 5.68. The molecule has 0 unspecified atom stereocenters. The van der Waals surface area contributed by atoms with Gasteiger partial charge >= 0.3 is 0 Å². The first kappa shape index (κ1) is 22.5. The minimum absolute atomic E-state index is 0.166. The van der Waals surface area contributed by atoms with Gasteiger partial charge in [-0.25, -0.2) is 9.97 Å². The number of rotatable bonds is 7. The van der Waals surface area contributed by atoms with E-state index in [0.717, 1.165) is 36.6 Å². The maximum Gasteiger partial charge on any atom is 0.231 e. The summed E-state index contributed by atoms with van der Waals surface area (Å²) in [5.74, 6) is 0.955. The van der Waals surface area contributed by atoms with Gasteiger partial charge in [0.15, 0.2) is 0 Å². The van der Waals surface area contributed by atoms with Gasteiger partial charge in [-0.2, -0.15) is 0 Å². The quantitative estimate of drug-likeness (QED) is 0.730. The molecule has 1 N–H and O–H groups in total. The second kappa shape index (κ2) is 10.2. The highest BCUT2D eigenvalue weighted by molar-refractivity contribution is 6.30. The number of amides is 1. The highest BCUT2D eigenvalue weighted by atomic mass is 35.5. The molecule has 0 aliphatic carbocycles. The monoisotopic (exact) mass is 429 g/mol. The number of hydrogen-bond acceptors (Lipinski definition) is 5.